The molecule has 108 valence electrons. The number of halogens is 3. The van der Waals surface area contributed by atoms with Crippen LogP contribution < -0.4 is 5.32 Å². The second-order valence-corrected chi connectivity index (χ2v) is 4.11. The number of nitrogens with one attached hydrogen (secondary N) is 1. The first-order valence-corrected chi connectivity index (χ1v) is 5.68. The average Bonchev–Trinajstić information content (AvgIpc) is 2.42. The molecule has 1 amide bonds. The number of rotatable bonds is 3. The lowest BCUT2D eigenvalue weighted by Crippen LogP contribution is -2.15. The Hall–Kier alpha value is -2.68. The van der Waals surface area contributed by atoms with Crippen molar-refractivity contribution in [1.29, 1.82) is 0 Å². The number of hydrogen-bond acceptors (Lipinski definition) is 5. The van der Waals surface area contributed by atoms with Crippen LogP contribution in [0.15, 0.2) is 24.5 Å². The fourth-order valence-corrected chi connectivity index (χ4v) is 1.49. The van der Waals surface area contributed by atoms with Gasteiger partial charge in [0.15, 0.2) is 0 Å². The Balaban J connectivity index is 2.30. The van der Waals surface area contributed by atoms with Gasteiger partial charge < -0.3 is 5.32 Å². The number of aromatic nitrogens is 2. The fourth-order valence-electron chi connectivity index (χ4n) is 1.39. The van der Waals surface area contributed by atoms with E-state index < -0.39 is 33.8 Å². The number of nitrogens with zero attached hydrogens (tertiary/aromatic N) is 3. The minimum absolute atomic E-state index is 0.0511. The van der Waals surface area contributed by atoms with Crippen molar-refractivity contribution < 1.29 is 18.5 Å². The van der Waals surface area contributed by atoms with E-state index in [1.165, 1.54) is 0 Å². The number of anilines is 1. The highest BCUT2D eigenvalue weighted by Crippen LogP contribution is 2.25. The van der Waals surface area contributed by atoms with E-state index in [0.29, 0.717) is 12.1 Å². The average molecular weight is 315 g/mol. The third-order valence-corrected chi connectivity index (χ3v) is 2.53. The summed E-state index contributed by atoms with van der Waals surface area (Å²) >= 11 is 5.49. The van der Waals surface area contributed by atoms with Crippen LogP contribution >= 0.6 is 11.6 Å². The van der Waals surface area contributed by atoms with Gasteiger partial charge in [-0.05, 0) is 0 Å². The summed E-state index contributed by atoms with van der Waals surface area (Å²) in [6, 6.07) is 0.882. The zero-order valence-corrected chi connectivity index (χ0v) is 10.8. The lowest BCUT2D eigenvalue weighted by molar-refractivity contribution is -0.387. The van der Waals surface area contributed by atoms with Crippen LogP contribution in [0.25, 0.3) is 0 Å². The van der Waals surface area contributed by atoms with Crippen LogP contribution in [0, 0.1) is 21.7 Å². The van der Waals surface area contributed by atoms with Crippen LogP contribution in [0.4, 0.5) is 20.2 Å². The molecule has 0 saturated carbocycles. The summed E-state index contributed by atoms with van der Waals surface area (Å²) in [6.07, 6.45) is 2.13. The molecule has 0 saturated heterocycles. The van der Waals surface area contributed by atoms with E-state index in [0.717, 1.165) is 12.4 Å². The summed E-state index contributed by atoms with van der Waals surface area (Å²) in [5.41, 5.74) is -1.70. The number of carbonyl (C=O) groups is 1. The van der Waals surface area contributed by atoms with Crippen molar-refractivity contribution in [2.45, 2.75) is 0 Å². The van der Waals surface area contributed by atoms with Gasteiger partial charge in [0.25, 0.3) is 5.91 Å². The van der Waals surface area contributed by atoms with Gasteiger partial charge in [-0.3, -0.25) is 14.9 Å². The number of benzene rings is 1. The number of carbonyl (C=O) groups excluding carboxylic acids is 1. The molecule has 1 N–H and O–H groups in total. The van der Waals surface area contributed by atoms with Crippen molar-refractivity contribution in [2.75, 3.05) is 5.32 Å². The maximum Gasteiger partial charge on any atom is 0.307 e. The van der Waals surface area contributed by atoms with Crippen LogP contribution in [-0.4, -0.2) is 20.8 Å². The molecule has 0 radical (unpaired) electrons. The minimum atomic E-state index is -1.35. The highest BCUT2D eigenvalue weighted by atomic mass is 35.5. The Morgan fingerprint density at radius 2 is 1.95 bits per heavy atom. The number of amides is 1. The first kappa shape index (κ1) is 14.7. The second kappa shape index (κ2) is 5.75. The Morgan fingerprint density at radius 1 is 1.24 bits per heavy atom. The molecule has 21 heavy (non-hydrogen) atoms. The van der Waals surface area contributed by atoms with Gasteiger partial charge in [-0.1, -0.05) is 11.6 Å². The highest BCUT2D eigenvalue weighted by molar-refractivity contribution is 6.29. The summed E-state index contributed by atoms with van der Waals surface area (Å²) in [6.45, 7) is 0. The lowest BCUT2D eigenvalue weighted by atomic mass is 10.2. The molecule has 1 aromatic heterocycles. The van der Waals surface area contributed by atoms with Gasteiger partial charge in [0.2, 0.25) is 5.82 Å². The molecule has 0 spiro atoms. The number of hydrogen-bond donors (Lipinski definition) is 1. The molecule has 0 aliphatic heterocycles. The molecule has 0 unspecified atom stereocenters. The molecule has 0 fully saturated rings. The molecule has 0 bridgehead atoms. The van der Waals surface area contributed by atoms with Crippen LogP contribution in [0.2, 0.25) is 5.15 Å². The Labute approximate surface area is 120 Å². The number of nitro benzene ring substituents is 1. The van der Waals surface area contributed by atoms with Gasteiger partial charge >= 0.3 is 5.69 Å². The smallest absolute Gasteiger partial charge is 0.307 e. The standard InChI is InChI=1S/C11H5ClF2N4O3/c12-10-4-15-8(3-16-10)11(19)17-7-2-9(18(20)21)6(14)1-5(7)13/h1-4H,(H,17,19). The maximum atomic E-state index is 13.5. The zero-order valence-electron chi connectivity index (χ0n) is 10.0. The lowest BCUT2D eigenvalue weighted by Gasteiger charge is -2.06. The summed E-state index contributed by atoms with van der Waals surface area (Å²) in [5, 5.41) is 12.7. The van der Waals surface area contributed by atoms with Crippen molar-refractivity contribution in [3.05, 3.63) is 57.1 Å². The van der Waals surface area contributed by atoms with Crippen molar-refractivity contribution in [3.63, 3.8) is 0 Å². The van der Waals surface area contributed by atoms with Crippen molar-refractivity contribution >= 4 is 28.9 Å². The van der Waals surface area contributed by atoms with Gasteiger partial charge in [-0.25, -0.2) is 14.4 Å². The van der Waals surface area contributed by atoms with E-state index in [-0.39, 0.29) is 10.8 Å². The Morgan fingerprint density at radius 3 is 2.52 bits per heavy atom. The first-order chi connectivity index (χ1) is 9.88. The second-order valence-electron chi connectivity index (χ2n) is 3.72. The topological polar surface area (TPSA) is 98.0 Å². The van der Waals surface area contributed by atoms with Gasteiger partial charge in [0.05, 0.1) is 23.0 Å². The maximum absolute atomic E-state index is 13.5. The summed E-state index contributed by atoms with van der Waals surface area (Å²) < 4.78 is 26.7. The van der Waals surface area contributed by atoms with E-state index >= 15 is 0 Å². The van der Waals surface area contributed by atoms with Crippen molar-refractivity contribution in [2.24, 2.45) is 0 Å². The van der Waals surface area contributed by atoms with E-state index in [9.17, 15) is 23.7 Å². The monoisotopic (exact) mass is 314 g/mol. The molecule has 1 heterocycles. The summed E-state index contributed by atoms with van der Waals surface area (Å²) in [4.78, 5) is 28.5. The van der Waals surface area contributed by atoms with E-state index in [4.69, 9.17) is 11.6 Å². The summed E-state index contributed by atoms with van der Waals surface area (Å²) in [7, 11) is 0. The molecule has 10 heteroatoms. The normalized spacial score (nSPS) is 10.2. The van der Waals surface area contributed by atoms with Crippen LogP contribution in [-0.2, 0) is 0 Å². The highest BCUT2D eigenvalue weighted by Gasteiger charge is 2.20. The molecular formula is C11H5ClF2N4O3. The fraction of sp³-hybridized carbons (Fsp3) is 0. The molecular weight excluding hydrogens is 310 g/mol. The molecule has 0 aliphatic rings. The molecule has 0 aliphatic carbocycles. The van der Waals surface area contributed by atoms with Crippen molar-refractivity contribution in [1.82, 2.24) is 9.97 Å². The molecule has 0 atom stereocenters. The SMILES string of the molecule is O=C(Nc1cc([N+](=O)[O-])c(F)cc1F)c1cnc(Cl)cn1. The van der Waals surface area contributed by atoms with E-state index in [1.807, 2.05) is 5.32 Å². The predicted molar refractivity (Wildman–Crippen MR) is 68.0 cm³/mol. The molecule has 1 aromatic carbocycles. The number of nitro groups is 1. The van der Waals surface area contributed by atoms with Gasteiger partial charge in [-0.15, -0.1) is 0 Å². The van der Waals surface area contributed by atoms with Gasteiger partial charge in [0.1, 0.15) is 16.7 Å². The quantitative estimate of drug-likeness (QED) is 0.693. The first-order valence-electron chi connectivity index (χ1n) is 5.31. The zero-order chi connectivity index (χ0) is 15.6. The molecule has 2 rings (SSSR count). The Kier molecular flexibility index (Phi) is 4.03. The van der Waals surface area contributed by atoms with Crippen molar-refractivity contribution in [3.8, 4) is 0 Å². The third-order valence-electron chi connectivity index (χ3n) is 2.33. The van der Waals surface area contributed by atoms with Crippen LogP contribution in [0.1, 0.15) is 10.5 Å². The van der Waals surface area contributed by atoms with Gasteiger partial charge in [0, 0.05) is 12.1 Å². The Bertz CT molecular complexity index is 724. The minimum Gasteiger partial charge on any atom is -0.318 e. The van der Waals surface area contributed by atoms with E-state index in [2.05, 4.69) is 9.97 Å². The summed E-state index contributed by atoms with van der Waals surface area (Å²) in [5.74, 6) is -3.38. The predicted octanol–water partition coefficient (Wildman–Crippen LogP) is 2.57. The third kappa shape index (κ3) is 3.26. The van der Waals surface area contributed by atoms with Gasteiger partial charge in [-0.2, -0.15) is 4.39 Å². The van der Waals surface area contributed by atoms with E-state index in [1.54, 1.807) is 0 Å². The molecule has 2 aromatic rings. The van der Waals surface area contributed by atoms with Crippen LogP contribution in [0.5, 0.6) is 0 Å². The molecule has 7 nitrogen and oxygen atoms in total. The largest absolute Gasteiger partial charge is 0.318 e. The van der Waals surface area contributed by atoms with Crippen LogP contribution in [0.3, 0.4) is 0 Å².